The van der Waals surface area contributed by atoms with Crippen LogP contribution in [0.1, 0.15) is 38.0 Å². The van der Waals surface area contributed by atoms with Gasteiger partial charge in [-0.1, -0.05) is 6.42 Å². The molecule has 2 atom stereocenters. The molecule has 5 nitrogen and oxygen atoms in total. The molecule has 1 aliphatic heterocycles. The molecule has 0 amide bonds. The number of rotatable bonds is 6. The molecular formula is C19H24FN3O2. The highest BCUT2D eigenvalue weighted by molar-refractivity contribution is 5.55. The largest absolute Gasteiger partial charge is 0.493 e. The van der Waals surface area contributed by atoms with Gasteiger partial charge in [-0.25, -0.2) is 4.39 Å². The summed E-state index contributed by atoms with van der Waals surface area (Å²) >= 11 is 0. The van der Waals surface area contributed by atoms with Gasteiger partial charge >= 0.3 is 0 Å². The van der Waals surface area contributed by atoms with Crippen molar-refractivity contribution in [1.82, 2.24) is 15.1 Å². The van der Waals surface area contributed by atoms with Crippen molar-refractivity contribution in [2.75, 3.05) is 19.7 Å². The molecule has 0 bridgehead atoms. The Labute approximate surface area is 147 Å². The molecule has 1 aliphatic carbocycles. The van der Waals surface area contributed by atoms with Crippen LogP contribution in [0, 0.1) is 18.7 Å². The van der Waals surface area contributed by atoms with E-state index in [1.165, 1.54) is 44.8 Å². The van der Waals surface area contributed by atoms with E-state index in [4.69, 9.17) is 9.15 Å². The fourth-order valence-electron chi connectivity index (χ4n) is 3.73. The number of hydrogen-bond donors (Lipinski definition) is 0. The number of likely N-dealkylation sites (tertiary alicyclic amines) is 1. The Kier molecular flexibility index (Phi) is 4.70. The first kappa shape index (κ1) is 16.5. The fourth-order valence-corrected chi connectivity index (χ4v) is 3.73. The van der Waals surface area contributed by atoms with Crippen LogP contribution in [0.4, 0.5) is 4.39 Å². The van der Waals surface area contributed by atoms with E-state index >= 15 is 0 Å². The first-order chi connectivity index (χ1) is 12.2. The van der Waals surface area contributed by atoms with E-state index in [-0.39, 0.29) is 5.89 Å². The zero-order chi connectivity index (χ0) is 17.2. The maximum absolute atomic E-state index is 14.2. The topological polar surface area (TPSA) is 51.4 Å². The molecule has 2 aliphatic rings. The molecule has 6 heteroatoms. The van der Waals surface area contributed by atoms with Crippen LogP contribution in [-0.4, -0.2) is 40.8 Å². The molecule has 25 heavy (non-hydrogen) atoms. The van der Waals surface area contributed by atoms with Gasteiger partial charge in [0.2, 0.25) is 5.89 Å². The van der Waals surface area contributed by atoms with Crippen molar-refractivity contribution in [3.63, 3.8) is 0 Å². The summed E-state index contributed by atoms with van der Waals surface area (Å²) < 4.78 is 25.3. The van der Waals surface area contributed by atoms with Gasteiger partial charge in [0.1, 0.15) is 11.6 Å². The summed E-state index contributed by atoms with van der Waals surface area (Å²) in [6.07, 6.45) is 6.37. The van der Waals surface area contributed by atoms with Crippen molar-refractivity contribution in [2.24, 2.45) is 5.92 Å². The molecular weight excluding hydrogens is 321 g/mol. The normalized spacial score (nSPS) is 23.6. The Bertz CT molecular complexity index is 727. The lowest BCUT2D eigenvalue weighted by Crippen LogP contribution is -2.32. The smallest absolute Gasteiger partial charge is 0.250 e. The fraction of sp³-hybridized carbons (Fsp3) is 0.579. The Morgan fingerprint density at radius 2 is 2.08 bits per heavy atom. The van der Waals surface area contributed by atoms with Crippen molar-refractivity contribution < 1.29 is 13.5 Å². The monoisotopic (exact) mass is 345 g/mol. The zero-order valence-corrected chi connectivity index (χ0v) is 14.6. The second kappa shape index (κ2) is 7.12. The molecule has 2 heterocycles. The third-order valence-corrected chi connectivity index (χ3v) is 5.20. The molecule has 134 valence electrons. The van der Waals surface area contributed by atoms with Crippen LogP contribution >= 0.6 is 0 Å². The van der Waals surface area contributed by atoms with Crippen molar-refractivity contribution in [1.29, 1.82) is 0 Å². The minimum absolute atomic E-state index is 0.198. The quantitative estimate of drug-likeness (QED) is 0.796. The average Bonchev–Trinajstić information content (AvgIpc) is 3.27. The number of nitrogens with zero attached hydrogens (tertiary/aromatic N) is 3. The second-order valence-electron chi connectivity index (χ2n) is 7.06. The molecule has 2 fully saturated rings. The first-order valence-corrected chi connectivity index (χ1v) is 9.17. The molecule has 1 aromatic heterocycles. The van der Waals surface area contributed by atoms with E-state index < -0.39 is 5.82 Å². The van der Waals surface area contributed by atoms with Crippen molar-refractivity contribution >= 4 is 0 Å². The van der Waals surface area contributed by atoms with E-state index in [0.29, 0.717) is 23.8 Å². The molecule has 1 saturated carbocycles. The lowest BCUT2D eigenvalue weighted by molar-refractivity contribution is 0.203. The highest BCUT2D eigenvalue weighted by atomic mass is 19.1. The van der Waals surface area contributed by atoms with Gasteiger partial charge in [0.05, 0.1) is 12.2 Å². The van der Waals surface area contributed by atoms with Crippen molar-refractivity contribution in [2.45, 2.75) is 45.1 Å². The molecule has 1 aromatic carbocycles. The SMILES string of the molecule is Cc1nnc(-c2ccc(OCC[C@H]3C[C@H]3N3CCCCC3)cc2F)o1. The van der Waals surface area contributed by atoms with E-state index in [1.54, 1.807) is 19.1 Å². The number of benzene rings is 1. The lowest BCUT2D eigenvalue weighted by atomic mass is 10.1. The number of aromatic nitrogens is 2. The summed E-state index contributed by atoms with van der Waals surface area (Å²) in [5, 5.41) is 7.58. The maximum atomic E-state index is 14.2. The van der Waals surface area contributed by atoms with Gasteiger partial charge in [0.15, 0.2) is 0 Å². The van der Waals surface area contributed by atoms with Crippen LogP contribution < -0.4 is 4.74 Å². The Morgan fingerprint density at radius 1 is 1.24 bits per heavy atom. The number of halogens is 1. The van der Waals surface area contributed by atoms with Crippen LogP contribution in [0.2, 0.25) is 0 Å². The molecule has 1 saturated heterocycles. The van der Waals surface area contributed by atoms with Gasteiger partial charge in [0.25, 0.3) is 5.89 Å². The summed E-state index contributed by atoms with van der Waals surface area (Å²) in [7, 11) is 0. The van der Waals surface area contributed by atoms with E-state index in [9.17, 15) is 4.39 Å². The van der Waals surface area contributed by atoms with Crippen LogP contribution in [0.3, 0.4) is 0 Å². The summed E-state index contributed by atoms with van der Waals surface area (Å²) in [4.78, 5) is 2.63. The summed E-state index contributed by atoms with van der Waals surface area (Å²) in [6, 6.07) is 5.53. The molecule has 4 rings (SSSR count). The predicted molar refractivity (Wildman–Crippen MR) is 91.9 cm³/mol. The van der Waals surface area contributed by atoms with Gasteiger partial charge in [-0.15, -0.1) is 10.2 Å². The second-order valence-corrected chi connectivity index (χ2v) is 7.06. The van der Waals surface area contributed by atoms with Gasteiger partial charge in [-0.3, -0.25) is 0 Å². The van der Waals surface area contributed by atoms with Gasteiger partial charge < -0.3 is 14.1 Å². The number of ether oxygens (including phenoxy) is 1. The maximum Gasteiger partial charge on any atom is 0.250 e. The van der Waals surface area contributed by atoms with Crippen LogP contribution in [0.15, 0.2) is 22.6 Å². The Morgan fingerprint density at radius 3 is 2.80 bits per heavy atom. The van der Waals surface area contributed by atoms with E-state index in [1.807, 2.05) is 0 Å². The molecule has 0 spiro atoms. The first-order valence-electron chi connectivity index (χ1n) is 9.17. The van der Waals surface area contributed by atoms with E-state index in [0.717, 1.165) is 18.4 Å². The van der Waals surface area contributed by atoms with Crippen LogP contribution in [0.25, 0.3) is 11.5 Å². The number of piperidine rings is 1. The zero-order valence-electron chi connectivity index (χ0n) is 14.6. The minimum Gasteiger partial charge on any atom is -0.493 e. The van der Waals surface area contributed by atoms with Gasteiger partial charge in [0, 0.05) is 19.0 Å². The Balaban J connectivity index is 1.27. The molecule has 0 N–H and O–H groups in total. The third kappa shape index (κ3) is 3.84. The van der Waals surface area contributed by atoms with E-state index in [2.05, 4.69) is 15.1 Å². The highest BCUT2D eigenvalue weighted by Crippen LogP contribution is 2.39. The third-order valence-electron chi connectivity index (χ3n) is 5.20. The summed E-state index contributed by atoms with van der Waals surface area (Å²) in [6.45, 7) is 4.82. The standard InChI is InChI=1S/C19H24FN3O2/c1-13-21-22-19(25-13)16-6-5-15(12-17(16)20)24-10-7-14-11-18(14)23-8-3-2-4-9-23/h5-6,12,14,18H,2-4,7-11H2,1H3/t14-,18+/m0/s1. The predicted octanol–water partition coefficient (Wildman–Crippen LogP) is 3.83. The van der Waals surface area contributed by atoms with Crippen molar-refractivity contribution in [3.8, 4) is 17.2 Å². The molecule has 0 radical (unpaired) electrons. The van der Waals surface area contributed by atoms with Crippen LogP contribution in [-0.2, 0) is 0 Å². The number of aryl methyl sites for hydroxylation is 1. The van der Waals surface area contributed by atoms with Gasteiger partial charge in [-0.2, -0.15) is 0 Å². The summed E-state index contributed by atoms with van der Waals surface area (Å²) in [5.74, 6) is 1.50. The summed E-state index contributed by atoms with van der Waals surface area (Å²) in [5.41, 5.74) is 0.306. The van der Waals surface area contributed by atoms with Crippen LogP contribution in [0.5, 0.6) is 5.75 Å². The lowest BCUT2D eigenvalue weighted by Gasteiger charge is -2.26. The molecule has 2 aromatic rings. The highest BCUT2D eigenvalue weighted by Gasteiger charge is 2.41. The molecule has 0 unspecified atom stereocenters. The van der Waals surface area contributed by atoms with Crippen molar-refractivity contribution in [3.05, 3.63) is 29.9 Å². The average molecular weight is 345 g/mol. The van der Waals surface area contributed by atoms with Gasteiger partial charge in [-0.05, 0) is 56.8 Å². The number of hydrogen-bond acceptors (Lipinski definition) is 5. The Hall–Kier alpha value is -1.95. The minimum atomic E-state index is -0.404.